The molecule has 5 heteroatoms. The van der Waals surface area contributed by atoms with Crippen LogP contribution in [0.25, 0.3) is 0 Å². The summed E-state index contributed by atoms with van der Waals surface area (Å²) in [4.78, 5) is 13.7. The number of carbonyl (C=O) groups is 1. The number of nitrogens with two attached hydrogens (primary N) is 1. The van der Waals surface area contributed by atoms with Gasteiger partial charge in [0.25, 0.3) is 0 Å². The van der Waals surface area contributed by atoms with Crippen molar-refractivity contribution in [3.63, 3.8) is 0 Å². The number of amides is 1. The van der Waals surface area contributed by atoms with Gasteiger partial charge in [0.05, 0.1) is 6.10 Å². The van der Waals surface area contributed by atoms with Crippen molar-refractivity contribution in [3.8, 4) is 0 Å². The number of hydrogen-bond acceptors (Lipinski definition) is 3. The van der Waals surface area contributed by atoms with Gasteiger partial charge in [-0.05, 0) is 25.7 Å². The fourth-order valence-electron chi connectivity index (χ4n) is 2.07. The number of carbonyl (C=O) groups excluding carboxylic acids is 1. The zero-order chi connectivity index (χ0) is 11.8. The summed E-state index contributed by atoms with van der Waals surface area (Å²) in [5.41, 5.74) is 5.42. The second kappa shape index (κ2) is 9.68. The summed E-state index contributed by atoms with van der Waals surface area (Å²) in [6, 6.07) is 0. The third-order valence-corrected chi connectivity index (χ3v) is 2.90. The number of halogens is 1. The average molecular weight is 265 g/mol. The lowest BCUT2D eigenvalue weighted by Gasteiger charge is -2.29. The van der Waals surface area contributed by atoms with E-state index in [9.17, 15) is 4.79 Å². The third-order valence-electron chi connectivity index (χ3n) is 2.90. The summed E-state index contributed by atoms with van der Waals surface area (Å²) in [6.07, 6.45) is 5.13. The van der Waals surface area contributed by atoms with E-state index < -0.39 is 0 Å². The Kier molecular flexibility index (Phi) is 9.50. The Balaban J connectivity index is 0.00000256. The van der Waals surface area contributed by atoms with Crippen LogP contribution < -0.4 is 5.73 Å². The molecule has 1 amide bonds. The number of rotatable bonds is 6. The Morgan fingerprint density at radius 1 is 1.47 bits per heavy atom. The standard InChI is InChI=1S/C12H24N2O2.ClH/c1-2-8-14(12(15)6-7-13)10-11-5-3-4-9-16-11;/h11H,2-10,13H2,1H3;1H. The molecule has 0 aromatic carbocycles. The Morgan fingerprint density at radius 2 is 2.24 bits per heavy atom. The number of nitrogens with zero attached hydrogens (tertiary/aromatic N) is 1. The minimum absolute atomic E-state index is 0. The van der Waals surface area contributed by atoms with Crippen molar-refractivity contribution >= 4 is 18.3 Å². The van der Waals surface area contributed by atoms with Crippen LogP contribution in [0.3, 0.4) is 0 Å². The SMILES string of the molecule is CCCN(CC1CCCCO1)C(=O)CCN.Cl. The molecule has 1 unspecified atom stereocenters. The molecule has 1 atom stereocenters. The maximum atomic E-state index is 11.8. The Hall–Kier alpha value is -0.320. The van der Waals surface area contributed by atoms with Crippen molar-refractivity contribution in [2.24, 2.45) is 5.73 Å². The van der Waals surface area contributed by atoms with Crippen LogP contribution in [0.2, 0.25) is 0 Å². The van der Waals surface area contributed by atoms with Gasteiger partial charge in [0.2, 0.25) is 5.91 Å². The lowest BCUT2D eigenvalue weighted by Crippen LogP contribution is -2.40. The van der Waals surface area contributed by atoms with Gasteiger partial charge in [-0.1, -0.05) is 6.92 Å². The van der Waals surface area contributed by atoms with E-state index in [1.165, 1.54) is 6.42 Å². The van der Waals surface area contributed by atoms with E-state index in [1.807, 2.05) is 4.90 Å². The lowest BCUT2D eigenvalue weighted by molar-refractivity contribution is -0.133. The molecule has 1 rings (SSSR count). The Labute approximate surface area is 110 Å². The van der Waals surface area contributed by atoms with E-state index in [2.05, 4.69) is 6.92 Å². The van der Waals surface area contributed by atoms with Gasteiger partial charge >= 0.3 is 0 Å². The predicted octanol–water partition coefficient (Wildman–Crippen LogP) is 1.56. The van der Waals surface area contributed by atoms with Crippen molar-refractivity contribution in [1.82, 2.24) is 4.90 Å². The molecule has 0 aromatic rings. The molecule has 2 N–H and O–H groups in total. The molecule has 0 saturated carbocycles. The fourth-order valence-corrected chi connectivity index (χ4v) is 2.07. The van der Waals surface area contributed by atoms with E-state index in [-0.39, 0.29) is 24.4 Å². The molecule has 0 aliphatic carbocycles. The molecular formula is C12H25ClN2O2. The monoisotopic (exact) mass is 264 g/mol. The maximum Gasteiger partial charge on any atom is 0.223 e. The molecular weight excluding hydrogens is 240 g/mol. The van der Waals surface area contributed by atoms with Crippen LogP contribution >= 0.6 is 12.4 Å². The molecule has 0 spiro atoms. The zero-order valence-electron chi connectivity index (χ0n) is 10.7. The van der Waals surface area contributed by atoms with Gasteiger partial charge in [-0.3, -0.25) is 4.79 Å². The van der Waals surface area contributed by atoms with Crippen LogP contribution in [0.1, 0.15) is 39.0 Å². The molecule has 1 aliphatic rings. The van der Waals surface area contributed by atoms with Gasteiger partial charge in [0, 0.05) is 32.7 Å². The molecule has 102 valence electrons. The highest BCUT2D eigenvalue weighted by molar-refractivity contribution is 5.85. The van der Waals surface area contributed by atoms with Crippen LogP contribution in [-0.4, -0.2) is 43.2 Å². The molecule has 1 aliphatic heterocycles. The number of hydrogen-bond donors (Lipinski definition) is 1. The molecule has 0 bridgehead atoms. The second-order valence-electron chi connectivity index (χ2n) is 4.37. The summed E-state index contributed by atoms with van der Waals surface area (Å²) in [6.45, 7) is 4.93. The zero-order valence-corrected chi connectivity index (χ0v) is 11.5. The Bertz CT molecular complexity index is 209. The minimum atomic E-state index is 0. The van der Waals surface area contributed by atoms with Crippen LogP contribution in [-0.2, 0) is 9.53 Å². The quantitative estimate of drug-likeness (QED) is 0.792. The molecule has 0 aromatic heterocycles. The van der Waals surface area contributed by atoms with Gasteiger partial charge < -0.3 is 15.4 Å². The summed E-state index contributed by atoms with van der Waals surface area (Å²) in [5.74, 6) is 0.165. The molecule has 4 nitrogen and oxygen atoms in total. The highest BCUT2D eigenvalue weighted by Crippen LogP contribution is 2.14. The van der Waals surface area contributed by atoms with Gasteiger partial charge in [-0.25, -0.2) is 0 Å². The van der Waals surface area contributed by atoms with Crippen molar-refractivity contribution in [2.75, 3.05) is 26.2 Å². The first-order valence-corrected chi connectivity index (χ1v) is 6.37. The minimum Gasteiger partial charge on any atom is -0.376 e. The normalized spacial score (nSPS) is 19.5. The summed E-state index contributed by atoms with van der Waals surface area (Å²) in [5, 5.41) is 0. The topological polar surface area (TPSA) is 55.6 Å². The van der Waals surface area contributed by atoms with E-state index in [0.717, 1.165) is 39.0 Å². The van der Waals surface area contributed by atoms with E-state index in [0.29, 0.717) is 13.0 Å². The molecule has 1 fully saturated rings. The van der Waals surface area contributed by atoms with Crippen molar-refractivity contribution in [3.05, 3.63) is 0 Å². The van der Waals surface area contributed by atoms with Gasteiger partial charge in [-0.2, -0.15) is 0 Å². The number of ether oxygens (including phenoxy) is 1. The first-order valence-electron chi connectivity index (χ1n) is 6.37. The third kappa shape index (κ3) is 6.24. The van der Waals surface area contributed by atoms with Gasteiger partial charge in [0.1, 0.15) is 0 Å². The van der Waals surface area contributed by atoms with E-state index >= 15 is 0 Å². The lowest BCUT2D eigenvalue weighted by atomic mass is 10.1. The smallest absolute Gasteiger partial charge is 0.223 e. The largest absolute Gasteiger partial charge is 0.376 e. The maximum absolute atomic E-state index is 11.8. The molecule has 0 radical (unpaired) electrons. The van der Waals surface area contributed by atoms with Crippen molar-refractivity contribution in [2.45, 2.75) is 45.1 Å². The molecule has 1 saturated heterocycles. The molecule has 1 heterocycles. The van der Waals surface area contributed by atoms with Gasteiger partial charge in [-0.15, -0.1) is 12.4 Å². The average Bonchev–Trinajstić information content (AvgIpc) is 2.30. The van der Waals surface area contributed by atoms with Crippen molar-refractivity contribution in [1.29, 1.82) is 0 Å². The predicted molar refractivity (Wildman–Crippen MR) is 71.4 cm³/mol. The summed E-state index contributed by atoms with van der Waals surface area (Å²) >= 11 is 0. The summed E-state index contributed by atoms with van der Waals surface area (Å²) in [7, 11) is 0. The molecule has 17 heavy (non-hydrogen) atoms. The van der Waals surface area contributed by atoms with Crippen LogP contribution in [0, 0.1) is 0 Å². The Morgan fingerprint density at radius 3 is 2.76 bits per heavy atom. The van der Waals surface area contributed by atoms with E-state index in [4.69, 9.17) is 10.5 Å². The van der Waals surface area contributed by atoms with Crippen molar-refractivity contribution < 1.29 is 9.53 Å². The van der Waals surface area contributed by atoms with Crippen LogP contribution in [0.15, 0.2) is 0 Å². The highest BCUT2D eigenvalue weighted by Gasteiger charge is 2.20. The highest BCUT2D eigenvalue weighted by atomic mass is 35.5. The van der Waals surface area contributed by atoms with Crippen LogP contribution in [0.4, 0.5) is 0 Å². The first-order chi connectivity index (χ1) is 7.77. The first kappa shape index (κ1) is 16.7. The van der Waals surface area contributed by atoms with E-state index in [1.54, 1.807) is 0 Å². The summed E-state index contributed by atoms with van der Waals surface area (Å²) < 4.78 is 5.66. The second-order valence-corrected chi connectivity index (χ2v) is 4.37. The van der Waals surface area contributed by atoms with Crippen LogP contribution in [0.5, 0.6) is 0 Å². The van der Waals surface area contributed by atoms with Gasteiger partial charge in [0.15, 0.2) is 0 Å². The fraction of sp³-hybridized carbons (Fsp3) is 0.917.